The second kappa shape index (κ2) is 16.1. The van der Waals surface area contributed by atoms with E-state index in [9.17, 15) is 20.0 Å². The molecule has 1 spiro atoms. The van der Waals surface area contributed by atoms with Crippen molar-refractivity contribution >= 4 is 29.9 Å². The summed E-state index contributed by atoms with van der Waals surface area (Å²) in [6.07, 6.45) is 1.82. The molecule has 3 aromatic rings. The molecule has 7 aliphatic heterocycles. The van der Waals surface area contributed by atoms with Crippen LogP contribution in [0, 0.1) is 25.2 Å². The van der Waals surface area contributed by atoms with E-state index in [1.165, 1.54) is 32.9 Å². The van der Waals surface area contributed by atoms with Gasteiger partial charge in [0, 0.05) is 60.1 Å². The molecule has 4 bridgehead atoms. The van der Waals surface area contributed by atoms with Crippen LogP contribution in [0.2, 0.25) is 0 Å². The maximum Gasteiger partial charge on any atom is 0.514 e. The first kappa shape index (κ1) is 43.6. The molecule has 0 amide bonds. The fourth-order valence-electron chi connectivity index (χ4n) is 10.9. The minimum Gasteiger partial charge on any atom is -0.504 e. The highest BCUT2D eigenvalue weighted by Crippen LogP contribution is 2.65. The predicted molar refractivity (Wildman–Crippen MR) is 232 cm³/mol. The number of hydrogen-bond donors (Lipinski definition) is 2. The van der Waals surface area contributed by atoms with Crippen molar-refractivity contribution in [1.29, 1.82) is 5.26 Å². The van der Waals surface area contributed by atoms with Gasteiger partial charge in [-0.05, 0) is 81.8 Å². The lowest BCUT2D eigenvalue weighted by atomic mass is 9.71. The van der Waals surface area contributed by atoms with Crippen LogP contribution in [0.15, 0.2) is 30.9 Å². The number of rotatable bonds is 6. The van der Waals surface area contributed by atoms with Crippen molar-refractivity contribution in [1.82, 2.24) is 15.1 Å². The number of piperazine rings is 1. The highest BCUT2D eigenvalue weighted by Gasteiger charge is 2.62. The summed E-state index contributed by atoms with van der Waals surface area (Å²) in [4.78, 5) is 45.5. The van der Waals surface area contributed by atoms with Crippen LogP contribution in [-0.2, 0) is 37.4 Å². The van der Waals surface area contributed by atoms with Crippen LogP contribution in [0.1, 0.15) is 89.5 Å². The van der Waals surface area contributed by atoms with Crippen molar-refractivity contribution < 1.29 is 57.4 Å². The van der Waals surface area contributed by atoms with Gasteiger partial charge < -0.3 is 43.0 Å². The summed E-state index contributed by atoms with van der Waals surface area (Å²) in [5.41, 5.74) is 3.18. The molecule has 17 heteroatoms. The number of thioether (sulfide) groups is 1. The minimum absolute atomic E-state index is 0.00732. The lowest BCUT2D eigenvalue weighted by Gasteiger charge is -2.62. The molecule has 0 radical (unpaired) electrons. The number of hydrogen-bond acceptors (Lipinski definition) is 17. The Morgan fingerprint density at radius 3 is 2.50 bits per heavy atom. The van der Waals surface area contributed by atoms with E-state index in [0.717, 1.165) is 16.7 Å². The fourth-order valence-corrected chi connectivity index (χ4v) is 12.6. The number of aryl methyl sites for hydroxylation is 1. The molecule has 2 N–H and O–H groups in total. The molecule has 10 rings (SSSR count). The van der Waals surface area contributed by atoms with Crippen LogP contribution in [0.4, 0.5) is 4.79 Å². The number of esters is 2. The highest BCUT2D eigenvalue weighted by molar-refractivity contribution is 7.99. The second-order valence-electron chi connectivity index (χ2n) is 18.0. The van der Waals surface area contributed by atoms with Crippen LogP contribution in [0.25, 0.3) is 0 Å². The van der Waals surface area contributed by atoms with Gasteiger partial charge in [0.25, 0.3) is 0 Å². The number of aromatic hydroxyl groups is 1. The number of nitrogens with zero attached hydrogens (tertiary/aromatic N) is 3. The first-order valence-electron chi connectivity index (χ1n) is 21.3. The zero-order chi connectivity index (χ0) is 45.6. The molecule has 7 atom stereocenters. The Morgan fingerprint density at radius 2 is 1.81 bits per heavy atom. The van der Waals surface area contributed by atoms with Crippen molar-refractivity contribution in [3.05, 3.63) is 75.4 Å². The van der Waals surface area contributed by atoms with E-state index in [4.69, 9.17) is 37.9 Å². The molecule has 338 valence electrons. The summed E-state index contributed by atoms with van der Waals surface area (Å²) < 4.78 is 47.8. The SMILES string of the molecule is C=CCN1[C@@H]2c3c(cc(C)c(OC)c3O)C[C@@H]1[C@H](C#N)N1C2[C@@H]2SC[C@]3(NCCc4cc(OC(=O)OC(C)(C)C)c(OC)cc43)C(=O)OC[C@H]1c1c3c(c(C)c(OC(C)=O)c12)OCO3. The van der Waals surface area contributed by atoms with Crippen LogP contribution in [-0.4, -0.2) is 103 Å². The third-order valence-electron chi connectivity index (χ3n) is 13.2. The van der Waals surface area contributed by atoms with E-state index in [2.05, 4.69) is 27.8 Å². The lowest BCUT2D eigenvalue weighted by molar-refractivity contribution is -0.157. The summed E-state index contributed by atoms with van der Waals surface area (Å²) in [7, 11) is 2.98. The standard InChI is InChI=1S/C47H52N4O12S/c1-10-13-50-28-15-26-14-22(2)39(57-9)38(53)33(26)36(50)37-43-35-34(42-41(59-21-60-42)23(3)40(35)61-24(4)52)30(51(37)29(28)18-48)19-58-44(54)47(20-64-43)27-17-31(56-8)32(16-25(27)11-12-49-47)62-45(55)63-46(5,6)7/h10,14,16-17,28-30,36-37,43,49,53H,1,11-13,15,19-21H2,2-9H3/t28-,29+,30+,36-,37?,43-,47-/m1/s1. The molecule has 0 saturated carbocycles. The third-order valence-corrected chi connectivity index (χ3v) is 14.6. The van der Waals surface area contributed by atoms with Crippen LogP contribution >= 0.6 is 11.8 Å². The topological polar surface area (TPSA) is 188 Å². The number of nitriles is 1. The molecule has 2 saturated heterocycles. The molecular weight excluding hydrogens is 845 g/mol. The van der Waals surface area contributed by atoms with Crippen molar-refractivity contribution in [3.63, 3.8) is 0 Å². The zero-order valence-corrected chi connectivity index (χ0v) is 37.9. The number of carbonyl (C=O) groups excluding carboxylic acids is 3. The van der Waals surface area contributed by atoms with Gasteiger partial charge in [0.15, 0.2) is 40.0 Å². The monoisotopic (exact) mass is 896 g/mol. The molecule has 7 heterocycles. The fraction of sp³-hybridized carbons (Fsp3) is 0.489. The van der Waals surface area contributed by atoms with Gasteiger partial charge in [0.2, 0.25) is 6.79 Å². The van der Waals surface area contributed by atoms with Gasteiger partial charge in [0.05, 0.1) is 37.6 Å². The molecule has 0 aliphatic carbocycles. The Bertz CT molecular complexity index is 2530. The molecule has 0 aromatic heterocycles. The summed E-state index contributed by atoms with van der Waals surface area (Å²) in [5.74, 6) is 0.803. The minimum atomic E-state index is -1.47. The lowest BCUT2D eigenvalue weighted by Crippen LogP contribution is -2.70. The summed E-state index contributed by atoms with van der Waals surface area (Å²) in [6.45, 7) is 14.8. The van der Waals surface area contributed by atoms with Crippen molar-refractivity contribution in [2.24, 2.45) is 0 Å². The van der Waals surface area contributed by atoms with Crippen LogP contribution in [0.3, 0.4) is 0 Å². The Hall–Kier alpha value is -5.67. The van der Waals surface area contributed by atoms with Crippen molar-refractivity contribution in [2.45, 2.75) is 101 Å². The number of methoxy groups -OCH3 is 2. The van der Waals surface area contributed by atoms with Crippen LogP contribution < -0.4 is 33.7 Å². The van der Waals surface area contributed by atoms with Gasteiger partial charge in [-0.25, -0.2) is 9.59 Å². The average Bonchev–Trinajstić information content (AvgIpc) is 3.73. The maximum atomic E-state index is 15.1. The van der Waals surface area contributed by atoms with Gasteiger partial charge in [0.1, 0.15) is 24.0 Å². The smallest absolute Gasteiger partial charge is 0.504 e. The second-order valence-corrected chi connectivity index (χ2v) is 19.1. The summed E-state index contributed by atoms with van der Waals surface area (Å²) in [6, 6.07) is 4.96. The molecule has 1 unspecified atom stereocenters. The molecular formula is C47H52N4O12S. The van der Waals surface area contributed by atoms with E-state index in [-0.39, 0.29) is 42.4 Å². The number of phenolic OH excluding ortho intramolecular Hbond substituents is 1. The quantitative estimate of drug-likeness (QED) is 0.124. The van der Waals surface area contributed by atoms with E-state index in [0.29, 0.717) is 76.7 Å². The number of nitrogens with one attached hydrogen (secondary N) is 1. The summed E-state index contributed by atoms with van der Waals surface area (Å²) in [5, 5.41) is 26.5. The van der Waals surface area contributed by atoms with Gasteiger partial charge in [-0.1, -0.05) is 12.1 Å². The highest BCUT2D eigenvalue weighted by atomic mass is 32.2. The molecule has 64 heavy (non-hydrogen) atoms. The Kier molecular flexibility index (Phi) is 11.0. The van der Waals surface area contributed by atoms with Gasteiger partial charge in [-0.15, -0.1) is 18.3 Å². The average molecular weight is 897 g/mol. The summed E-state index contributed by atoms with van der Waals surface area (Å²) >= 11 is 1.45. The number of carbonyl (C=O) groups is 3. The van der Waals surface area contributed by atoms with Crippen molar-refractivity contribution in [2.75, 3.05) is 46.5 Å². The zero-order valence-electron chi connectivity index (χ0n) is 37.1. The largest absolute Gasteiger partial charge is 0.514 e. The Balaban J connectivity index is 1.28. The van der Waals surface area contributed by atoms with Gasteiger partial charge >= 0.3 is 18.1 Å². The third kappa shape index (κ3) is 6.71. The molecule has 3 aromatic carbocycles. The molecule has 2 fully saturated rings. The molecule has 7 aliphatic rings. The number of phenols is 1. The van der Waals surface area contributed by atoms with Crippen LogP contribution in [0.5, 0.6) is 40.2 Å². The van der Waals surface area contributed by atoms with E-state index >= 15 is 4.79 Å². The Morgan fingerprint density at radius 1 is 1.05 bits per heavy atom. The van der Waals surface area contributed by atoms with E-state index < -0.39 is 58.7 Å². The van der Waals surface area contributed by atoms with E-state index in [1.807, 2.05) is 19.9 Å². The maximum absolute atomic E-state index is 15.1. The normalized spacial score (nSPS) is 26.6. The van der Waals surface area contributed by atoms with Gasteiger partial charge in [-0.2, -0.15) is 5.26 Å². The number of ether oxygens (including phenoxy) is 8. The van der Waals surface area contributed by atoms with E-state index in [1.54, 1.807) is 39.0 Å². The van der Waals surface area contributed by atoms with Crippen molar-refractivity contribution in [3.8, 4) is 46.3 Å². The molecule has 16 nitrogen and oxygen atoms in total. The first-order chi connectivity index (χ1) is 30.6. The Labute approximate surface area is 375 Å². The first-order valence-corrected chi connectivity index (χ1v) is 22.4. The number of fused-ring (bicyclic) bond motifs is 9. The predicted octanol–water partition coefficient (Wildman–Crippen LogP) is 6.15. The van der Waals surface area contributed by atoms with Gasteiger partial charge in [-0.3, -0.25) is 19.9 Å². The number of benzene rings is 3.